The minimum atomic E-state index is -0.814. The minimum Gasteiger partial charge on any atom is -0.462 e. The van der Waals surface area contributed by atoms with Crippen LogP contribution in [0.1, 0.15) is 213 Å². The summed E-state index contributed by atoms with van der Waals surface area (Å²) in [4.78, 5) is 38.0. The van der Waals surface area contributed by atoms with E-state index in [-0.39, 0.29) is 37.5 Å². The number of carbonyl (C=O) groups excluding carboxylic acids is 3. The van der Waals surface area contributed by atoms with Crippen LogP contribution >= 0.6 is 0 Å². The maximum atomic E-state index is 12.8. The van der Waals surface area contributed by atoms with Crippen molar-refractivity contribution in [3.05, 3.63) is 134 Å². The van der Waals surface area contributed by atoms with Crippen LogP contribution in [-0.2, 0) is 28.6 Å². The number of esters is 3. The van der Waals surface area contributed by atoms with Crippen molar-refractivity contribution in [2.24, 2.45) is 0 Å². The molecular formula is C61H96O6. The van der Waals surface area contributed by atoms with Crippen LogP contribution in [0.5, 0.6) is 0 Å². The van der Waals surface area contributed by atoms with Gasteiger partial charge in [-0.3, -0.25) is 14.4 Å². The highest BCUT2D eigenvalue weighted by molar-refractivity contribution is 5.71. The fraction of sp³-hybridized carbons (Fsp3) is 0.590. The van der Waals surface area contributed by atoms with E-state index in [1.807, 2.05) is 36.5 Å². The third-order valence-corrected chi connectivity index (χ3v) is 10.7. The van der Waals surface area contributed by atoms with Crippen molar-refractivity contribution in [2.45, 2.75) is 219 Å². The fourth-order valence-corrected chi connectivity index (χ4v) is 6.73. The summed E-state index contributed by atoms with van der Waals surface area (Å²) >= 11 is 0. The molecule has 0 spiro atoms. The largest absolute Gasteiger partial charge is 0.462 e. The lowest BCUT2D eigenvalue weighted by Crippen LogP contribution is -2.30. The molecule has 0 radical (unpaired) electrons. The van der Waals surface area contributed by atoms with Crippen molar-refractivity contribution in [2.75, 3.05) is 13.2 Å². The molecule has 67 heavy (non-hydrogen) atoms. The number of hydrogen-bond donors (Lipinski definition) is 0. The number of rotatable bonds is 46. The van der Waals surface area contributed by atoms with Gasteiger partial charge in [0.05, 0.1) is 0 Å². The molecule has 0 aliphatic carbocycles. The average molecular weight is 925 g/mol. The molecule has 0 amide bonds. The Morgan fingerprint density at radius 3 is 1.13 bits per heavy atom. The predicted molar refractivity (Wildman–Crippen MR) is 288 cm³/mol. The molecule has 1 atom stereocenters. The molecule has 376 valence electrons. The Hall–Kier alpha value is -4.45. The van der Waals surface area contributed by atoms with Crippen molar-refractivity contribution in [3.8, 4) is 0 Å². The van der Waals surface area contributed by atoms with E-state index in [1.54, 1.807) is 0 Å². The topological polar surface area (TPSA) is 78.9 Å². The van der Waals surface area contributed by atoms with Crippen LogP contribution in [-0.4, -0.2) is 37.2 Å². The molecule has 0 aromatic rings. The van der Waals surface area contributed by atoms with Gasteiger partial charge in [0, 0.05) is 19.3 Å². The number of carbonyl (C=O) groups is 3. The molecular weight excluding hydrogens is 829 g/mol. The van der Waals surface area contributed by atoms with E-state index < -0.39 is 6.10 Å². The predicted octanol–water partition coefficient (Wildman–Crippen LogP) is 17.9. The van der Waals surface area contributed by atoms with Crippen molar-refractivity contribution in [1.82, 2.24) is 0 Å². The molecule has 0 heterocycles. The number of ether oxygens (including phenoxy) is 3. The van der Waals surface area contributed by atoms with E-state index in [9.17, 15) is 14.4 Å². The van der Waals surface area contributed by atoms with Crippen molar-refractivity contribution in [3.63, 3.8) is 0 Å². The lowest BCUT2D eigenvalue weighted by molar-refractivity contribution is -0.167. The van der Waals surface area contributed by atoms with E-state index in [1.165, 1.54) is 38.5 Å². The Morgan fingerprint density at radius 1 is 0.328 bits per heavy atom. The second-order valence-electron chi connectivity index (χ2n) is 17.2. The van der Waals surface area contributed by atoms with Gasteiger partial charge in [-0.15, -0.1) is 0 Å². The molecule has 0 N–H and O–H groups in total. The van der Waals surface area contributed by atoms with Gasteiger partial charge >= 0.3 is 17.9 Å². The molecule has 0 fully saturated rings. The van der Waals surface area contributed by atoms with Crippen molar-refractivity contribution < 1.29 is 28.6 Å². The highest BCUT2D eigenvalue weighted by Gasteiger charge is 2.19. The minimum absolute atomic E-state index is 0.109. The van der Waals surface area contributed by atoms with E-state index in [0.29, 0.717) is 12.8 Å². The number of allylic oxidation sites excluding steroid dienone is 22. The summed E-state index contributed by atoms with van der Waals surface area (Å²) in [5, 5.41) is 0. The first-order valence-corrected chi connectivity index (χ1v) is 26.8. The number of unbranched alkanes of at least 4 members (excludes halogenated alkanes) is 17. The SMILES string of the molecule is CC/C=C\C/C=C\C/C=C\C/C=C\C/C=C\CCCCCC(=O)OCC(COC(=O)CCCCCCC/C=C\CCCCC)OC(=O)CCCCCCC\C=C/C=C\C=C/C=C\C=C/CCC. The zero-order chi connectivity index (χ0) is 48.6. The molecule has 0 aromatic carbocycles. The quantitative estimate of drug-likeness (QED) is 0.0199. The molecule has 6 heteroatoms. The smallest absolute Gasteiger partial charge is 0.306 e. The maximum absolute atomic E-state index is 12.8. The number of hydrogen-bond acceptors (Lipinski definition) is 6. The van der Waals surface area contributed by atoms with Crippen molar-refractivity contribution in [1.29, 1.82) is 0 Å². The summed E-state index contributed by atoms with van der Waals surface area (Å²) < 4.78 is 16.8. The first kappa shape index (κ1) is 62.5. The van der Waals surface area contributed by atoms with Gasteiger partial charge in [-0.05, 0) is 109 Å². The van der Waals surface area contributed by atoms with E-state index >= 15 is 0 Å². The van der Waals surface area contributed by atoms with Gasteiger partial charge in [0.1, 0.15) is 13.2 Å². The summed E-state index contributed by atoms with van der Waals surface area (Å²) in [6.07, 6.45) is 75.7. The zero-order valence-corrected chi connectivity index (χ0v) is 42.9. The summed E-state index contributed by atoms with van der Waals surface area (Å²) in [5.74, 6) is -0.984. The van der Waals surface area contributed by atoms with E-state index in [4.69, 9.17) is 14.2 Å². The molecule has 0 saturated carbocycles. The first-order chi connectivity index (χ1) is 33.0. The highest BCUT2D eigenvalue weighted by atomic mass is 16.6. The Kier molecular flexibility index (Phi) is 50.6. The van der Waals surface area contributed by atoms with Crippen LogP contribution in [0.3, 0.4) is 0 Å². The van der Waals surface area contributed by atoms with Crippen molar-refractivity contribution >= 4 is 17.9 Å². The summed E-state index contributed by atoms with van der Waals surface area (Å²) in [6, 6.07) is 0. The standard InChI is InChI=1S/C61H96O6/c1-4-7-10-13-16-19-22-25-27-29-31-33-34-36-39-42-45-48-51-54-60(63)66-57-58(56-65-59(62)53-50-47-44-41-38-24-21-18-15-12-9-6-3)67-61(64)55-52-49-46-43-40-37-35-32-30-28-26-23-20-17-14-11-8-5-2/h7,10-11,14,16-21,23,25-28,30-33,35-36,39,58H,4-6,8-9,12-13,15,22,24,29,34,37-38,40-57H2,1-3H3/b10-7-,14-11-,19-16-,20-17-,21-18-,26-23-,27-25-,30-28-,33-31-,35-32-,39-36-. The lowest BCUT2D eigenvalue weighted by atomic mass is 10.1. The van der Waals surface area contributed by atoms with Gasteiger partial charge in [0.2, 0.25) is 0 Å². The lowest BCUT2D eigenvalue weighted by Gasteiger charge is -2.18. The highest BCUT2D eigenvalue weighted by Crippen LogP contribution is 2.13. The normalized spacial score (nSPS) is 13.2. The van der Waals surface area contributed by atoms with Crippen LogP contribution < -0.4 is 0 Å². The first-order valence-electron chi connectivity index (χ1n) is 26.8. The third kappa shape index (κ3) is 52.4. The second kappa shape index (κ2) is 54.2. The molecule has 1 unspecified atom stereocenters. The van der Waals surface area contributed by atoms with Gasteiger partial charge in [-0.1, -0.05) is 219 Å². The van der Waals surface area contributed by atoms with Gasteiger partial charge in [-0.25, -0.2) is 0 Å². The second-order valence-corrected chi connectivity index (χ2v) is 17.2. The molecule has 0 aromatic heterocycles. The van der Waals surface area contributed by atoms with Crippen LogP contribution in [0.2, 0.25) is 0 Å². The van der Waals surface area contributed by atoms with E-state index in [2.05, 4.69) is 118 Å². The molecule has 0 aliphatic heterocycles. The zero-order valence-electron chi connectivity index (χ0n) is 42.9. The van der Waals surface area contributed by atoms with Crippen LogP contribution in [0.15, 0.2) is 134 Å². The maximum Gasteiger partial charge on any atom is 0.306 e. The van der Waals surface area contributed by atoms with Crippen LogP contribution in [0, 0.1) is 0 Å². The van der Waals surface area contributed by atoms with Crippen LogP contribution in [0.25, 0.3) is 0 Å². The summed E-state index contributed by atoms with van der Waals surface area (Å²) in [7, 11) is 0. The third-order valence-electron chi connectivity index (χ3n) is 10.7. The Labute approximate surface area is 411 Å². The average Bonchev–Trinajstić information content (AvgIpc) is 3.33. The molecule has 6 nitrogen and oxygen atoms in total. The fourth-order valence-electron chi connectivity index (χ4n) is 6.73. The molecule has 0 bridgehead atoms. The van der Waals surface area contributed by atoms with Gasteiger partial charge in [0.25, 0.3) is 0 Å². The van der Waals surface area contributed by atoms with Gasteiger partial charge in [0.15, 0.2) is 6.10 Å². The summed E-state index contributed by atoms with van der Waals surface area (Å²) in [6.45, 7) is 6.34. The molecule has 0 saturated heterocycles. The van der Waals surface area contributed by atoms with E-state index in [0.717, 1.165) is 135 Å². The Balaban J connectivity index is 4.53. The monoisotopic (exact) mass is 925 g/mol. The van der Waals surface area contributed by atoms with Crippen LogP contribution in [0.4, 0.5) is 0 Å². The Bertz CT molecular complexity index is 1480. The summed E-state index contributed by atoms with van der Waals surface area (Å²) in [5.41, 5.74) is 0. The van der Waals surface area contributed by atoms with Gasteiger partial charge in [-0.2, -0.15) is 0 Å². The van der Waals surface area contributed by atoms with Gasteiger partial charge < -0.3 is 14.2 Å². The molecule has 0 rings (SSSR count). The Morgan fingerprint density at radius 2 is 0.672 bits per heavy atom. The molecule has 0 aliphatic rings.